The fraction of sp³-hybridized carbons (Fsp3) is 0.350. The molecule has 0 bridgehead atoms. The topological polar surface area (TPSA) is 50.5 Å². The lowest BCUT2D eigenvalue weighted by molar-refractivity contribution is -0.142. The lowest BCUT2D eigenvalue weighted by atomic mass is 9.99. The Morgan fingerprint density at radius 2 is 1.83 bits per heavy atom. The Bertz CT molecular complexity index is 1060. The summed E-state index contributed by atoms with van der Waals surface area (Å²) in [6, 6.07) is 9.56. The fourth-order valence-electron chi connectivity index (χ4n) is 3.45. The van der Waals surface area contributed by atoms with Gasteiger partial charge in [-0.25, -0.2) is 9.50 Å². The molecular formula is C20H18BrF3N4O. The Morgan fingerprint density at radius 1 is 1.17 bits per heavy atom. The molecule has 152 valence electrons. The summed E-state index contributed by atoms with van der Waals surface area (Å²) in [7, 11) is 0. The van der Waals surface area contributed by atoms with Gasteiger partial charge < -0.3 is 4.90 Å². The van der Waals surface area contributed by atoms with Gasteiger partial charge in [0.25, 0.3) is 5.91 Å². The molecule has 0 spiro atoms. The van der Waals surface area contributed by atoms with Gasteiger partial charge in [-0.05, 0) is 40.8 Å². The molecule has 1 aromatic carbocycles. The highest BCUT2D eigenvalue weighted by atomic mass is 79.9. The van der Waals surface area contributed by atoms with Crippen LogP contribution in [0.5, 0.6) is 0 Å². The Labute approximate surface area is 173 Å². The molecule has 1 amide bonds. The van der Waals surface area contributed by atoms with E-state index >= 15 is 0 Å². The number of carbonyl (C=O) groups excluding carboxylic acids is 1. The van der Waals surface area contributed by atoms with Gasteiger partial charge in [0, 0.05) is 18.7 Å². The number of likely N-dealkylation sites (tertiary alicyclic amines) is 1. The Kier molecular flexibility index (Phi) is 5.10. The second kappa shape index (κ2) is 7.44. The number of benzene rings is 1. The number of hydrogen-bond acceptors (Lipinski definition) is 3. The van der Waals surface area contributed by atoms with Crippen molar-refractivity contribution in [3.05, 3.63) is 52.3 Å². The average Bonchev–Trinajstić information content (AvgIpc) is 3.04. The number of amides is 1. The minimum atomic E-state index is -4.66. The summed E-state index contributed by atoms with van der Waals surface area (Å²) in [6.45, 7) is 3.25. The van der Waals surface area contributed by atoms with Crippen LogP contribution in [0.15, 0.2) is 40.9 Å². The van der Waals surface area contributed by atoms with E-state index in [1.165, 1.54) is 0 Å². The van der Waals surface area contributed by atoms with Crippen molar-refractivity contribution in [2.45, 2.75) is 25.9 Å². The number of halogens is 4. The molecule has 9 heteroatoms. The van der Waals surface area contributed by atoms with E-state index in [1.54, 1.807) is 35.2 Å². The van der Waals surface area contributed by atoms with E-state index in [9.17, 15) is 18.0 Å². The third-order valence-corrected chi connectivity index (χ3v) is 5.90. The minimum absolute atomic E-state index is 0.0348. The monoisotopic (exact) mass is 466 g/mol. The predicted octanol–water partition coefficient (Wildman–Crippen LogP) is 5.05. The van der Waals surface area contributed by atoms with Crippen LogP contribution in [-0.2, 0) is 6.18 Å². The maximum atomic E-state index is 13.8. The molecule has 0 radical (unpaired) electrons. The van der Waals surface area contributed by atoms with E-state index in [2.05, 4.69) is 32.9 Å². The van der Waals surface area contributed by atoms with Crippen LogP contribution < -0.4 is 0 Å². The van der Waals surface area contributed by atoms with Gasteiger partial charge >= 0.3 is 6.18 Å². The molecule has 4 rings (SSSR count). The molecule has 1 aliphatic heterocycles. The second-order valence-electron chi connectivity index (χ2n) is 7.26. The Morgan fingerprint density at radius 3 is 2.45 bits per heavy atom. The summed E-state index contributed by atoms with van der Waals surface area (Å²) in [6.07, 6.45) is -2.93. The van der Waals surface area contributed by atoms with Crippen molar-refractivity contribution in [1.29, 1.82) is 0 Å². The van der Waals surface area contributed by atoms with Crippen LogP contribution in [0.25, 0.3) is 16.9 Å². The fourth-order valence-corrected chi connectivity index (χ4v) is 3.95. The first-order chi connectivity index (χ1) is 13.8. The third-order valence-electron chi connectivity index (χ3n) is 5.17. The number of piperidine rings is 1. The predicted molar refractivity (Wildman–Crippen MR) is 105 cm³/mol. The highest BCUT2D eigenvalue weighted by molar-refractivity contribution is 9.10. The van der Waals surface area contributed by atoms with E-state index < -0.39 is 11.9 Å². The summed E-state index contributed by atoms with van der Waals surface area (Å²) in [5, 5.41) is 4.00. The van der Waals surface area contributed by atoms with Gasteiger partial charge in [-0.3, -0.25) is 4.79 Å². The lowest BCUT2D eigenvalue weighted by Gasteiger charge is -2.29. The molecule has 5 nitrogen and oxygen atoms in total. The number of fused-ring (bicyclic) bond motifs is 1. The molecule has 0 atom stereocenters. The zero-order valence-electron chi connectivity index (χ0n) is 15.6. The highest BCUT2D eigenvalue weighted by Gasteiger charge is 2.37. The van der Waals surface area contributed by atoms with Gasteiger partial charge in [0.2, 0.25) is 0 Å². The first-order valence-electron chi connectivity index (χ1n) is 9.27. The number of aromatic nitrogens is 3. The highest BCUT2D eigenvalue weighted by Crippen LogP contribution is 2.35. The van der Waals surface area contributed by atoms with Crippen LogP contribution in [-0.4, -0.2) is 38.5 Å². The van der Waals surface area contributed by atoms with Gasteiger partial charge in [0.15, 0.2) is 17.0 Å². The van der Waals surface area contributed by atoms with Gasteiger partial charge in [-0.2, -0.15) is 18.3 Å². The molecule has 0 N–H and O–H groups in total. The average molecular weight is 467 g/mol. The maximum absolute atomic E-state index is 13.8. The lowest BCUT2D eigenvalue weighted by Crippen LogP contribution is -2.38. The second-order valence-corrected chi connectivity index (χ2v) is 8.06. The van der Waals surface area contributed by atoms with E-state index in [0.717, 1.165) is 18.9 Å². The molecule has 3 heterocycles. The molecule has 1 saturated heterocycles. The van der Waals surface area contributed by atoms with Crippen LogP contribution in [0.4, 0.5) is 13.2 Å². The van der Waals surface area contributed by atoms with Gasteiger partial charge in [-0.1, -0.05) is 37.3 Å². The number of carbonyl (C=O) groups is 1. The van der Waals surface area contributed by atoms with Gasteiger partial charge in [-0.15, -0.1) is 0 Å². The summed E-state index contributed by atoms with van der Waals surface area (Å²) >= 11 is 3.28. The third kappa shape index (κ3) is 3.75. The zero-order valence-corrected chi connectivity index (χ0v) is 17.2. The van der Waals surface area contributed by atoms with Crippen LogP contribution in [0.3, 0.4) is 0 Å². The van der Waals surface area contributed by atoms with Crippen LogP contribution in [0, 0.1) is 5.92 Å². The zero-order chi connectivity index (χ0) is 20.8. The van der Waals surface area contributed by atoms with Crippen LogP contribution in [0.2, 0.25) is 0 Å². The van der Waals surface area contributed by atoms with E-state index in [1.807, 2.05) is 0 Å². The number of nitrogens with zero attached hydrogens (tertiary/aromatic N) is 4. The molecule has 1 fully saturated rings. The van der Waals surface area contributed by atoms with Gasteiger partial charge in [0.1, 0.15) is 0 Å². The van der Waals surface area contributed by atoms with Crippen molar-refractivity contribution >= 4 is 27.5 Å². The summed E-state index contributed by atoms with van der Waals surface area (Å²) in [4.78, 5) is 18.9. The molecule has 0 saturated carbocycles. The first kappa shape index (κ1) is 19.9. The van der Waals surface area contributed by atoms with Crippen LogP contribution >= 0.6 is 15.9 Å². The minimum Gasteiger partial charge on any atom is -0.337 e. The van der Waals surface area contributed by atoms with Crippen molar-refractivity contribution < 1.29 is 18.0 Å². The standard InChI is InChI=1S/C20H18BrF3N4O/c1-12-7-9-27(10-8-12)19(29)17-16(21)18-25-14(13-5-3-2-4-6-13)11-15(20(22,23)24)28(18)26-17/h2-6,11-12H,7-10H2,1H3. The molecule has 29 heavy (non-hydrogen) atoms. The quantitative estimate of drug-likeness (QED) is 0.530. The Balaban J connectivity index is 1.85. The van der Waals surface area contributed by atoms with Crippen molar-refractivity contribution in [3.8, 4) is 11.3 Å². The normalized spacial score (nSPS) is 15.8. The molecule has 1 aliphatic rings. The molecule has 2 aromatic heterocycles. The van der Waals surface area contributed by atoms with Crippen molar-refractivity contribution in [1.82, 2.24) is 19.5 Å². The number of rotatable bonds is 2. The number of hydrogen-bond donors (Lipinski definition) is 0. The van der Waals surface area contributed by atoms with Crippen molar-refractivity contribution in [3.63, 3.8) is 0 Å². The first-order valence-corrected chi connectivity index (χ1v) is 10.1. The molecule has 3 aromatic rings. The van der Waals surface area contributed by atoms with Crippen molar-refractivity contribution in [2.75, 3.05) is 13.1 Å². The molecule has 0 aliphatic carbocycles. The smallest absolute Gasteiger partial charge is 0.337 e. The van der Waals surface area contributed by atoms with E-state index in [0.29, 0.717) is 29.1 Å². The molecular weight excluding hydrogens is 449 g/mol. The van der Waals surface area contributed by atoms with E-state index in [-0.39, 0.29) is 27.4 Å². The van der Waals surface area contributed by atoms with Crippen LogP contribution in [0.1, 0.15) is 35.9 Å². The summed E-state index contributed by atoms with van der Waals surface area (Å²) in [5.41, 5.74) is -0.355. The maximum Gasteiger partial charge on any atom is 0.433 e. The number of alkyl halides is 3. The van der Waals surface area contributed by atoms with Crippen molar-refractivity contribution in [2.24, 2.45) is 5.92 Å². The van der Waals surface area contributed by atoms with Gasteiger partial charge in [0.05, 0.1) is 10.2 Å². The van der Waals surface area contributed by atoms with E-state index in [4.69, 9.17) is 0 Å². The summed E-state index contributed by atoms with van der Waals surface area (Å²) < 4.78 is 42.1. The largest absolute Gasteiger partial charge is 0.433 e. The Hall–Kier alpha value is -2.42. The summed E-state index contributed by atoms with van der Waals surface area (Å²) in [5.74, 6) is 0.138. The molecule has 0 unspecified atom stereocenters. The SMILES string of the molecule is CC1CCN(C(=O)c2nn3c(C(F)(F)F)cc(-c4ccccc4)nc3c2Br)CC1.